The highest BCUT2D eigenvalue weighted by Crippen LogP contribution is 2.24. The molecule has 0 saturated heterocycles. The molecule has 2 heterocycles. The van der Waals surface area contributed by atoms with Crippen LogP contribution >= 0.6 is 0 Å². The highest BCUT2D eigenvalue weighted by atomic mass is 16.6. The first-order chi connectivity index (χ1) is 14.3. The summed E-state index contributed by atoms with van der Waals surface area (Å²) in [6.45, 7) is 12.0. The summed E-state index contributed by atoms with van der Waals surface area (Å²) in [5, 5.41) is 12.7. The number of ether oxygens (including phenoxy) is 1. The lowest BCUT2D eigenvalue weighted by Gasteiger charge is -2.33. The van der Waals surface area contributed by atoms with Crippen LogP contribution in [-0.2, 0) is 17.8 Å². The van der Waals surface area contributed by atoms with E-state index in [2.05, 4.69) is 10.3 Å². The SMILES string of the molecule is CC(C)(C)OC(=O)NC(CCN(Cc1c(CN)nc2ccccn12)C(=O)O)C(C)(C)C. The molecule has 9 nitrogen and oxygen atoms in total. The van der Waals surface area contributed by atoms with Gasteiger partial charge in [-0.15, -0.1) is 0 Å². The summed E-state index contributed by atoms with van der Waals surface area (Å²) in [6, 6.07) is 5.32. The van der Waals surface area contributed by atoms with Crippen LogP contribution in [0.1, 0.15) is 59.4 Å². The minimum atomic E-state index is -1.04. The number of carbonyl (C=O) groups is 2. The number of fused-ring (bicyclic) bond motifs is 1. The molecule has 2 aromatic rings. The van der Waals surface area contributed by atoms with Crippen LogP contribution in [0.5, 0.6) is 0 Å². The third-order valence-electron chi connectivity index (χ3n) is 4.94. The number of alkyl carbamates (subject to hydrolysis) is 1. The van der Waals surface area contributed by atoms with Gasteiger partial charge in [-0.1, -0.05) is 26.8 Å². The highest BCUT2D eigenvalue weighted by Gasteiger charge is 2.29. The minimum Gasteiger partial charge on any atom is -0.465 e. The van der Waals surface area contributed by atoms with Gasteiger partial charge in [-0.2, -0.15) is 0 Å². The summed E-state index contributed by atoms with van der Waals surface area (Å²) in [6.07, 6.45) is 0.725. The van der Waals surface area contributed by atoms with Gasteiger partial charge in [0.05, 0.1) is 17.9 Å². The number of hydrogen-bond acceptors (Lipinski definition) is 5. The molecule has 31 heavy (non-hydrogen) atoms. The molecule has 2 rings (SSSR count). The van der Waals surface area contributed by atoms with Crippen LogP contribution in [0.25, 0.3) is 5.65 Å². The second kappa shape index (κ2) is 9.55. The number of rotatable bonds is 7. The molecular formula is C22H35N5O4. The first kappa shape index (κ1) is 24.5. The smallest absolute Gasteiger partial charge is 0.407 e. The summed E-state index contributed by atoms with van der Waals surface area (Å²) in [4.78, 5) is 30.1. The van der Waals surface area contributed by atoms with Crippen LogP contribution < -0.4 is 11.1 Å². The summed E-state index contributed by atoms with van der Waals surface area (Å²) in [7, 11) is 0. The largest absolute Gasteiger partial charge is 0.465 e. The minimum absolute atomic E-state index is 0.149. The van der Waals surface area contributed by atoms with Crippen molar-refractivity contribution in [1.29, 1.82) is 0 Å². The number of carbonyl (C=O) groups excluding carboxylic acids is 1. The van der Waals surface area contributed by atoms with Crippen LogP contribution in [0.4, 0.5) is 9.59 Å². The number of nitrogens with two attached hydrogens (primary N) is 1. The molecule has 0 aliphatic heterocycles. The van der Waals surface area contributed by atoms with E-state index in [0.717, 1.165) is 11.3 Å². The van der Waals surface area contributed by atoms with E-state index in [4.69, 9.17) is 10.5 Å². The Labute approximate surface area is 183 Å². The number of amides is 2. The van der Waals surface area contributed by atoms with Crippen molar-refractivity contribution in [3.05, 3.63) is 35.8 Å². The fourth-order valence-corrected chi connectivity index (χ4v) is 3.31. The second-order valence-corrected chi connectivity index (χ2v) is 9.70. The van der Waals surface area contributed by atoms with Crippen molar-refractivity contribution in [2.45, 2.75) is 72.7 Å². The van der Waals surface area contributed by atoms with Gasteiger partial charge in [0, 0.05) is 25.3 Å². The number of pyridine rings is 1. The van der Waals surface area contributed by atoms with Crippen molar-refractivity contribution in [2.24, 2.45) is 11.1 Å². The Hall–Kier alpha value is -2.81. The zero-order chi connectivity index (χ0) is 23.4. The Balaban J connectivity index is 2.17. The fourth-order valence-electron chi connectivity index (χ4n) is 3.31. The summed E-state index contributed by atoms with van der Waals surface area (Å²) in [5.41, 5.74) is 7.08. The molecule has 172 valence electrons. The predicted octanol–water partition coefficient (Wildman–Crippen LogP) is 3.60. The highest BCUT2D eigenvalue weighted by molar-refractivity contribution is 5.68. The number of nitrogens with one attached hydrogen (secondary N) is 1. The summed E-state index contributed by atoms with van der Waals surface area (Å²) < 4.78 is 7.24. The van der Waals surface area contributed by atoms with Crippen LogP contribution in [-0.4, -0.2) is 49.8 Å². The maximum atomic E-state index is 12.3. The third kappa shape index (κ3) is 6.85. The summed E-state index contributed by atoms with van der Waals surface area (Å²) in [5.74, 6) is 0. The second-order valence-electron chi connectivity index (χ2n) is 9.70. The standard InChI is InChI=1S/C22H35N5O4/c1-21(2,3)17(25-19(28)31-22(4,5)6)10-12-26(20(29)30)14-16-15(13-23)24-18-9-7-8-11-27(16)18/h7-9,11,17H,10,12-14,23H2,1-6H3,(H,25,28)(H,29,30). The molecule has 2 amide bonds. The number of aromatic nitrogens is 2. The van der Waals surface area contributed by atoms with Gasteiger partial charge in [0.1, 0.15) is 11.2 Å². The van der Waals surface area contributed by atoms with E-state index in [-0.39, 0.29) is 31.1 Å². The molecule has 0 radical (unpaired) electrons. The van der Waals surface area contributed by atoms with E-state index in [0.29, 0.717) is 12.1 Å². The lowest BCUT2D eigenvalue weighted by molar-refractivity contribution is 0.0453. The van der Waals surface area contributed by atoms with Crippen LogP contribution in [0.3, 0.4) is 0 Å². The molecule has 1 unspecified atom stereocenters. The van der Waals surface area contributed by atoms with Gasteiger partial charge in [0.2, 0.25) is 0 Å². The Morgan fingerprint density at radius 2 is 1.94 bits per heavy atom. The molecule has 0 aliphatic carbocycles. The van der Waals surface area contributed by atoms with Gasteiger partial charge < -0.3 is 30.2 Å². The fraction of sp³-hybridized carbons (Fsp3) is 0.591. The lowest BCUT2D eigenvalue weighted by Crippen LogP contribution is -2.47. The van der Waals surface area contributed by atoms with Gasteiger partial charge in [0.15, 0.2) is 0 Å². The Morgan fingerprint density at radius 1 is 1.26 bits per heavy atom. The van der Waals surface area contributed by atoms with Crippen molar-refractivity contribution in [3.8, 4) is 0 Å². The zero-order valence-corrected chi connectivity index (χ0v) is 19.3. The van der Waals surface area contributed by atoms with Crippen molar-refractivity contribution < 1.29 is 19.4 Å². The van der Waals surface area contributed by atoms with E-state index in [9.17, 15) is 14.7 Å². The zero-order valence-electron chi connectivity index (χ0n) is 19.3. The van der Waals surface area contributed by atoms with Gasteiger partial charge in [-0.3, -0.25) is 0 Å². The van der Waals surface area contributed by atoms with E-state index in [1.807, 2.05) is 49.6 Å². The maximum Gasteiger partial charge on any atom is 0.407 e. The molecule has 0 spiro atoms. The summed E-state index contributed by atoms with van der Waals surface area (Å²) >= 11 is 0. The monoisotopic (exact) mass is 433 g/mol. The van der Waals surface area contributed by atoms with Crippen molar-refractivity contribution in [3.63, 3.8) is 0 Å². The molecule has 0 fully saturated rings. The van der Waals surface area contributed by atoms with Crippen molar-refractivity contribution >= 4 is 17.8 Å². The molecule has 0 bridgehead atoms. The Morgan fingerprint density at radius 3 is 2.48 bits per heavy atom. The molecular weight excluding hydrogens is 398 g/mol. The molecule has 1 atom stereocenters. The molecule has 4 N–H and O–H groups in total. The molecule has 0 aromatic carbocycles. The number of nitrogens with zero attached hydrogens (tertiary/aromatic N) is 3. The van der Waals surface area contributed by atoms with E-state index >= 15 is 0 Å². The lowest BCUT2D eigenvalue weighted by atomic mass is 9.84. The van der Waals surface area contributed by atoms with E-state index in [1.165, 1.54) is 4.90 Å². The quantitative estimate of drug-likeness (QED) is 0.613. The molecule has 9 heteroatoms. The normalized spacial score (nSPS) is 13.1. The maximum absolute atomic E-state index is 12.3. The van der Waals surface area contributed by atoms with Crippen LogP contribution in [0.15, 0.2) is 24.4 Å². The van der Waals surface area contributed by atoms with Gasteiger partial charge >= 0.3 is 12.2 Å². The van der Waals surface area contributed by atoms with Gasteiger partial charge in [-0.05, 0) is 44.7 Å². The third-order valence-corrected chi connectivity index (χ3v) is 4.94. The van der Waals surface area contributed by atoms with Crippen LogP contribution in [0, 0.1) is 5.41 Å². The Kier molecular flexibility index (Phi) is 7.54. The van der Waals surface area contributed by atoms with Crippen LogP contribution in [0.2, 0.25) is 0 Å². The number of hydrogen-bond donors (Lipinski definition) is 3. The van der Waals surface area contributed by atoms with Gasteiger partial charge in [-0.25, -0.2) is 14.6 Å². The first-order valence-electron chi connectivity index (χ1n) is 10.4. The van der Waals surface area contributed by atoms with E-state index < -0.39 is 17.8 Å². The average molecular weight is 434 g/mol. The predicted molar refractivity (Wildman–Crippen MR) is 119 cm³/mol. The van der Waals surface area contributed by atoms with E-state index in [1.54, 1.807) is 20.8 Å². The number of imidazole rings is 1. The molecule has 2 aromatic heterocycles. The average Bonchev–Trinajstić information content (AvgIpc) is 2.99. The number of carboxylic acid groups (broad SMARTS) is 1. The van der Waals surface area contributed by atoms with Gasteiger partial charge in [0.25, 0.3) is 0 Å². The van der Waals surface area contributed by atoms with Crippen molar-refractivity contribution in [2.75, 3.05) is 6.54 Å². The van der Waals surface area contributed by atoms with Crippen molar-refractivity contribution in [1.82, 2.24) is 19.6 Å². The Bertz CT molecular complexity index is 911. The topological polar surface area (TPSA) is 122 Å². The first-order valence-corrected chi connectivity index (χ1v) is 10.4. The molecule has 0 aliphatic rings. The molecule has 0 saturated carbocycles.